The van der Waals surface area contributed by atoms with E-state index in [0.29, 0.717) is 6.54 Å². The Hall–Kier alpha value is -3.70. The van der Waals surface area contributed by atoms with Gasteiger partial charge >= 0.3 is 11.9 Å². The maximum Gasteiger partial charge on any atom is 0.414 e. The lowest BCUT2D eigenvalue weighted by molar-refractivity contribution is -0.385. The van der Waals surface area contributed by atoms with Crippen molar-refractivity contribution in [2.45, 2.75) is 13.1 Å². The van der Waals surface area contributed by atoms with E-state index in [1.54, 1.807) is 26.4 Å². The van der Waals surface area contributed by atoms with E-state index in [-0.39, 0.29) is 10.6 Å². The predicted molar refractivity (Wildman–Crippen MR) is 118 cm³/mol. The topological polar surface area (TPSA) is 143 Å². The Morgan fingerprint density at radius 3 is 1.97 bits per heavy atom. The number of piperazine rings is 1. The minimum absolute atomic E-state index is 0.199. The molecule has 0 bridgehead atoms. The molecule has 11 heteroatoms. The number of hydrogen-bond acceptors (Lipinski definition) is 8. The Bertz CT molecular complexity index is 962. The normalized spacial score (nSPS) is 14.0. The monoisotopic (exact) mass is 461 g/mol. The summed E-state index contributed by atoms with van der Waals surface area (Å²) in [6, 6.07) is 13.0. The lowest BCUT2D eigenvalue weighted by Gasteiger charge is -2.34. The number of nitro benzene ring substituents is 1. The molecule has 1 aliphatic rings. The maximum atomic E-state index is 11.2. The molecule has 2 N–H and O–H groups in total. The first kappa shape index (κ1) is 25.6. The lowest BCUT2D eigenvalue weighted by Crippen LogP contribution is -2.45. The molecule has 2 aromatic rings. The zero-order chi connectivity index (χ0) is 24.4. The fourth-order valence-electron chi connectivity index (χ4n) is 3.41. The van der Waals surface area contributed by atoms with Crippen molar-refractivity contribution < 1.29 is 34.2 Å². The van der Waals surface area contributed by atoms with Crippen molar-refractivity contribution >= 4 is 17.6 Å². The van der Waals surface area contributed by atoms with E-state index >= 15 is 0 Å². The number of aliphatic carboxylic acids is 2. The summed E-state index contributed by atoms with van der Waals surface area (Å²) in [5.41, 5.74) is 2.15. The fourth-order valence-corrected chi connectivity index (χ4v) is 3.41. The second kappa shape index (κ2) is 12.4. The lowest BCUT2D eigenvalue weighted by atomic mass is 10.1. The number of rotatable bonds is 7. The second-order valence-corrected chi connectivity index (χ2v) is 7.24. The van der Waals surface area contributed by atoms with E-state index in [0.717, 1.165) is 49.8 Å². The van der Waals surface area contributed by atoms with E-state index in [9.17, 15) is 10.1 Å². The molecule has 0 aromatic heterocycles. The molecule has 11 nitrogen and oxygen atoms in total. The van der Waals surface area contributed by atoms with Crippen molar-refractivity contribution in [2.24, 2.45) is 0 Å². The van der Waals surface area contributed by atoms with Crippen molar-refractivity contribution in [3.63, 3.8) is 0 Å². The first-order chi connectivity index (χ1) is 15.7. The fraction of sp³-hybridized carbons (Fsp3) is 0.364. The molecular formula is C22H27N3O8. The third-order valence-electron chi connectivity index (χ3n) is 5.08. The highest BCUT2D eigenvalue weighted by Gasteiger charge is 2.21. The predicted octanol–water partition coefficient (Wildman–Crippen LogP) is 2.09. The smallest absolute Gasteiger partial charge is 0.414 e. The third kappa shape index (κ3) is 7.74. The van der Waals surface area contributed by atoms with E-state index in [1.807, 2.05) is 24.3 Å². The first-order valence-corrected chi connectivity index (χ1v) is 10.1. The molecule has 3 rings (SSSR count). The van der Waals surface area contributed by atoms with Gasteiger partial charge in [-0.3, -0.25) is 19.9 Å². The highest BCUT2D eigenvalue weighted by molar-refractivity contribution is 6.27. The summed E-state index contributed by atoms with van der Waals surface area (Å²) in [6.45, 7) is 5.09. The molecule has 1 heterocycles. The summed E-state index contributed by atoms with van der Waals surface area (Å²) in [5, 5.41) is 26.0. The van der Waals surface area contributed by atoms with Crippen molar-refractivity contribution in [2.75, 3.05) is 40.4 Å². The van der Waals surface area contributed by atoms with Crippen molar-refractivity contribution in [1.82, 2.24) is 9.80 Å². The van der Waals surface area contributed by atoms with Crippen LogP contribution in [0.25, 0.3) is 0 Å². The van der Waals surface area contributed by atoms with Gasteiger partial charge in [0, 0.05) is 50.9 Å². The van der Waals surface area contributed by atoms with Crippen LogP contribution in [0.3, 0.4) is 0 Å². The SMILES string of the molecule is COc1ccc(CN2CCN(Cc3ccccc3[N+](=O)[O-])CC2)cc1OC.O=C(O)C(=O)O. The van der Waals surface area contributed by atoms with E-state index in [1.165, 1.54) is 5.56 Å². The Labute approximate surface area is 190 Å². The highest BCUT2D eigenvalue weighted by Crippen LogP contribution is 2.28. The molecule has 0 radical (unpaired) electrons. The molecule has 1 saturated heterocycles. The van der Waals surface area contributed by atoms with Gasteiger partial charge < -0.3 is 19.7 Å². The Morgan fingerprint density at radius 2 is 1.45 bits per heavy atom. The van der Waals surface area contributed by atoms with E-state index < -0.39 is 11.9 Å². The van der Waals surface area contributed by atoms with Crippen LogP contribution in [0.5, 0.6) is 11.5 Å². The molecule has 0 saturated carbocycles. The van der Waals surface area contributed by atoms with Crippen molar-refractivity contribution in [1.29, 1.82) is 0 Å². The zero-order valence-corrected chi connectivity index (χ0v) is 18.5. The largest absolute Gasteiger partial charge is 0.493 e. The summed E-state index contributed by atoms with van der Waals surface area (Å²) < 4.78 is 10.7. The van der Waals surface area contributed by atoms with Gasteiger partial charge in [0.05, 0.1) is 19.1 Å². The van der Waals surface area contributed by atoms with Gasteiger partial charge in [-0.25, -0.2) is 9.59 Å². The van der Waals surface area contributed by atoms with Gasteiger partial charge in [-0.2, -0.15) is 0 Å². The van der Waals surface area contributed by atoms with Crippen LogP contribution in [-0.4, -0.2) is 77.3 Å². The van der Waals surface area contributed by atoms with Crippen LogP contribution < -0.4 is 9.47 Å². The summed E-state index contributed by atoms with van der Waals surface area (Å²) in [6.07, 6.45) is 0. The Kier molecular flexibility index (Phi) is 9.58. The number of benzene rings is 2. The number of carboxylic acid groups (broad SMARTS) is 2. The molecule has 178 valence electrons. The molecule has 0 unspecified atom stereocenters. The summed E-state index contributed by atoms with van der Waals surface area (Å²) in [4.78, 5) is 33.7. The molecule has 0 spiro atoms. The van der Waals surface area contributed by atoms with Crippen LogP contribution in [0.2, 0.25) is 0 Å². The van der Waals surface area contributed by atoms with Crippen LogP contribution in [-0.2, 0) is 22.7 Å². The molecule has 0 atom stereocenters. The van der Waals surface area contributed by atoms with Gasteiger partial charge in [-0.15, -0.1) is 0 Å². The van der Waals surface area contributed by atoms with Gasteiger partial charge in [-0.1, -0.05) is 24.3 Å². The van der Waals surface area contributed by atoms with Gasteiger partial charge in [0.15, 0.2) is 11.5 Å². The number of carboxylic acids is 2. The van der Waals surface area contributed by atoms with Gasteiger partial charge in [0.2, 0.25) is 0 Å². The number of carbonyl (C=O) groups is 2. The quantitative estimate of drug-likeness (QED) is 0.357. The Balaban J connectivity index is 0.000000569. The van der Waals surface area contributed by atoms with Crippen molar-refractivity contribution in [3.8, 4) is 11.5 Å². The molecule has 0 aliphatic carbocycles. The summed E-state index contributed by atoms with van der Waals surface area (Å²) in [5.74, 6) is -2.18. The van der Waals surface area contributed by atoms with Gasteiger partial charge in [0.1, 0.15) is 0 Å². The zero-order valence-electron chi connectivity index (χ0n) is 18.5. The van der Waals surface area contributed by atoms with E-state index in [2.05, 4.69) is 15.9 Å². The van der Waals surface area contributed by atoms with E-state index in [4.69, 9.17) is 29.3 Å². The minimum atomic E-state index is -1.82. The molecule has 0 amide bonds. The average Bonchev–Trinajstić information content (AvgIpc) is 2.80. The minimum Gasteiger partial charge on any atom is -0.493 e. The first-order valence-electron chi connectivity index (χ1n) is 10.1. The van der Waals surface area contributed by atoms with Crippen molar-refractivity contribution in [3.05, 3.63) is 63.7 Å². The summed E-state index contributed by atoms with van der Waals surface area (Å²) >= 11 is 0. The maximum absolute atomic E-state index is 11.2. The van der Waals surface area contributed by atoms with Gasteiger partial charge in [0.25, 0.3) is 5.69 Å². The number of methoxy groups -OCH3 is 2. The molecule has 33 heavy (non-hydrogen) atoms. The Morgan fingerprint density at radius 1 is 0.909 bits per heavy atom. The second-order valence-electron chi connectivity index (χ2n) is 7.24. The van der Waals surface area contributed by atoms with Gasteiger partial charge in [-0.05, 0) is 17.7 Å². The highest BCUT2D eigenvalue weighted by atomic mass is 16.6. The summed E-state index contributed by atoms with van der Waals surface area (Å²) in [7, 11) is 3.27. The van der Waals surface area contributed by atoms with Crippen LogP contribution in [0, 0.1) is 10.1 Å². The standard InChI is InChI=1S/C20H25N3O4.C2H2O4/c1-26-19-8-7-16(13-20(19)27-2)14-21-9-11-22(12-10-21)15-17-5-3-4-6-18(17)23(24)25;3-1(4)2(5)6/h3-8,13H,9-12,14-15H2,1-2H3;(H,3,4)(H,5,6). The number of hydrogen-bond donors (Lipinski definition) is 2. The molecular weight excluding hydrogens is 434 g/mol. The average molecular weight is 461 g/mol. The van der Waals surface area contributed by atoms with Crippen LogP contribution >= 0.6 is 0 Å². The third-order valence-corrected chi connectivity index (χ3v) is 5.08. The molecule has 1 aliphatic heterocycles. The van der Waals surface area contributed by atoms with Crippen LogP contribution in [0.4, 0.5) is 5.69 Å². The van der Waals surface area contributed by atoms with Crippen LogP contribution in [0.15, 0.2) is 42.5 Å². The number of nitrogens with zero attached hydrogens (tertiary/aromatic N) is 3. The number of ether oxygens (including phenoxy) is 2. The molecule has 1 fully saturated rings. The number of para-hydroxylation sites is 1. The molecule has 2 aromatic carbocycles. The number of nitro groups is 1. The van der Waals surface area contributed by atoms with Crippen LogP contribution in [0.1, 0.15) is 11.1 Å².